The van der Waals surface area contributed by atoms with Crippen LogP contribution in [0.15, 0.2) is 35.1 Å². The van der Waals surface area contributed by atoms with Gasteiger partial charge in [0, 0.05) is 22.0 Å². The van der Waals surface area contributed by atoms with Crippen LogP contribution >= 0.6 is 11.3 Å². The molecule has 0 amide bonds. The number of hydrogen-bond acceptors (Lipinski definition) is 4. The number of carbonyl (C=O) groups is 1. The maximum absolute atomic E-state index is 11.2. The van der Waals surface area contributed by atoms with Gasteiger partial charge in [-0.1, -0.05) is 0 Å². The Hall–Kier alpha value is -2.54. The Bertz CT molecular complexity index is 846. The van der Waals surface area contributed by atoms with Crippen molar-refractivity contribution in [1.82, 2.24) is 9.97 Å². The van der Waals surface area contributed by atoms with Gasteiger partial charge in [-0.2, -0.15) is 0 Å². The number of carboxylic acid groups (broad SMARTS) is 1. The molecule has 0 aliphatic rings. The molecule has 3 rings (SSSR count). The summed E-state index contributed by atoms with van der Waals surface area (Å²) in [5.74, 6) is -0.821. The van der Waals surface area contributed by atoms with Gasteiger partial charge in [-0.3, -0.25) is 4.79 Å². The van der Waals surface area contributed by atoms with E-state index < -0.39 is 5.97 Å². The summed E-state index contributed by atoms with van der Waals surface area (Å²) in [7, 11) is 0. The van der Waals surface area contributed by atoms with Gasteiger partial charge in [0.15, 0.2) is 0 Å². The van der Waals surface area contributed by atoms with E-state index in [4.69, 9.17) is 5.11 Å². The fourth-order valence-corrected chi connectivity index (χ4v) is 3.04. The molecule has 0 fully saturated rings. The number of fused-ring (bicyclic) bond motifs is 1. The van der Waals surface area contributed by atoms with Crippen LogP contribution < -0.4 is 11.0 Å². The SMILES string of the molecule is O=C(O)Cc1ccc(CNc2ccc3[nH]c(=O)[nH]c3c2)s1. The van der Waals surface area contributed by atoms with Crippen LogP contribution in [0.1, 0.15) is 9.75 Å². The number of imidazole rings is 1. The van der Waals surface area contributed by atoms with Crippen LogP contribution in [0.2, 0.25) is 0 Å². The summed E-state index contributed by atoms with van der Waals surface area (Å²) in [6.45, 7) is 0.616. The number of hydrogen-bond donors (Lipinski definition) is 4. The molecule has 0 spiro atoms. The van der Waals surface area contributed by atoms with Crippen molar-refractivity contribution >= 4 is 34.0 Å². The average molecular weight is 303 g/mol. The number of aliphatic carboxylic acids is 1. The lowest BCUT2D eigenvalue weighted by Gasteiger charge is -2.04. The van der Waals surface area contributed by atoms with E-state index in [1.165, 1.54) is 11.3 Å². The van der Waals surface area contributed by atoms with Crippen LogP contribution in [0.25, 0.3) is 11.0 Å². The molecule has 6 nitrogen and oxygen atoms in total. The molecule has 0 bridgehead atoms. The third kappa shape index (κ3) is 3.14. The molecule has 1 aromatic carbocycles. The van der Waals surface area contributed by atoms with Crippen LogP contribution in [0.5, 0.6) is 0 Å². The molecule has 2 aromatic heterocycles. The molecule has 0 saturated carbocycles. The van der Waals surface area contributed by atoms with Gasteiger partial charge in [0.25, 0.3) is 0 Å². The predicted octanol–water partition coefficient (Wildman–Crippen LogP) is 2.16. The van der Waals surface area contributed by atoms with E-state index in [0.717, 1.165) is 26.5 Å². The Labute approximate surface area is 123 Å². The number of carboxylic acids is 1. The zero-order chi connectivity index (χ0) is 14.8. The molecule has 0 unspecified atom stereocenters. The molecule has 7 heteroatoms. The third-order valence-corrected chi connectivity index (χ3v) is 4.11. The number of nitrogens with one attached hydrogen (secondary N) is 3. The summed E-state index contributed by atoms with van der Waals surface area (Å²) in [5, 5.41) is 12.0. The molecule has 2 heterocycles. The maximum atomic E-state index is 11.2. The second-order valence-electron chi connectivity index (χ2n) is 4.63. The number of benzene rings is 1. The van der Waals surface area contributed by atoms with Crippen LogP contribution in [0.3, 0.4) is 0 Å². The van der Waals surface area contributed by atoms with Crippen LogP contribution in [0.4, 0.5) is 5.69 Å². The van der Waals surface area contributed by atoms with Crippen molar-refractivity contribution in [3.05, 3.63) is 50.6 Å². The molecule has 0 saturated heterocycles. The van der Waals surface area contributed by atoms with Crippen LogP contribution in [-0.2, 0) is 17.8 Å². The smallest absolute Gasteiger partial charge is 0.323 e. The minimum Gasteiger partial charge on any atom is -0.481 e. The Morgan fingerprint density at radius 1 is 1.14 bits per heavy atom. The lowest BCUT2D eigenvalue weighted by molar-refractivity contribution is -0.136. The molecule has 0 atom stereocenters. The normalized spacial score (nSPS) is 10.9. The zero-order valence-corrected chi connectivity index (χ0v) is 11.8. The molecule has 0 aliphatic carbocycles. The van der Waals surface area contributed by atoms with E-state index in [1.54, 1.807) is 0 Å². The first kappa shape index (κ1) is 13.4. The van der Waals surface area contributed by atoms with E-state index in [1.807, 2.05) is 30.3 Å². The number of anilines is 1. The third-order valence-electron chi connectivity index (χ3n) is 3.03. The Balaban J connectivity index is 1.69. The van der Waals surface area contributed by atoms with Crippen LogP contribution in [-0.4, -0.2) is 21.0 Å². The highest BCUT2D eigenvalue weighted by atomic mass is 32.1. The van der Waals surface area contributed by atoms with E-state index in [2.05, 4.69) is 15.3 Å². The fourth-order valence-electron chi connectivity index (χ4n) is 2.09. The zero-order valence-electron chi connectivity index (χ0n) is 11.0. The van der Waals surface area contributed by atoms with Crippen molar-refractivity contribution in [2.24, 2.45) is 0 Å². The molecular weight excluding hydrogens is 290 g/mol. The van der Waals surface area contributed by atoms with E-state index >= 15 is 0 Å². The monoisotopic (exact) mass is 303 g/mol. The van der Waals surface area contributed by atoms with Gasteiger partial charge in [0.1, 0.15) is 0 Å². The number of thiophene rings is 1. The van der Waals surface area contributed by atoms with Gasteiger partial charge in [0.2, 0.25) is 0 Å². The molecule has 108 valence electrons. The first-order chi connectivity index (χ1) is 10.1. The number of rotatable bonds is 5. The minimum absolute atomic E-state index is 0.0568. The van der Waals surface area contributed by atoms with E-state index in [9.17, 15) is 9.59 Å². The minimum atomic E-state index is -0.821. The molecule has 0 aliphatic heterocycles. The second-order valence-corrected chi connectivity index (χ2v) is 5.88. The fraction of sp³-hybridized carbons (Fsp3) is 0.143. The second kappa shape index (κ2) is 5.45. The highest BCUT2D eigenvalue weighted by Gasteiger charge is 2.05. The van der Waals surface area contributed by atoms with Gasteiger partial charge in [-0.15, -0.1) is 11.3 Å². The van der Waals surface area contributed by atoms with Crippen molar-refractivity contribution in [2.45, 2.75) is 13.0 Å². The standard InChI is InChI=1S/C14H13N3O3S/c18-13(19)6-9-2-3-10(21-9)7-15-8-1-4-11-12(5-8)17-14(20)16-11/h1-5,15H,6-7H2,(H,18,19)(H2,16,17,20). The first-order valence-electron chi connectivity index (χ1n) is 6.35. The lowest BCUT2D eigenvalue weighted by atomic mass is 10.2. The van der Waals surface area contributed by atoms with Crippen molar-refractivity contribution < 1.29 is 9.90 Å². The van der Waals surface area contributed by atoms with E-state index in [-0.39, 0.29) is 12.1 Å². The van der Waals surface area contributed by atoms with E-state index in [0.29, 0.717) is 6.54 Å². The Kier molecular flexibility index (Phi) is 3.49. The summed E-state index contributed by atoms with van der Waals surface area (Å²) in [6, 6.07) is 9.34. The van der Waals surface area contributed by atoms with Gasteiger partial charge in [-0.25, -0.2) is 4.79 Å². The Morgan fingerprint density at radius 2 is 1.90 bits per heavy atom. The van der Waals surface area contributed by atoms with Gasteiger partial charge < -0.3 is 20.4 Å². The molecule has 0 radical (unpaired) electrons. The summed E-state index contributed by atoms with van der Waals surface area (Å²) in [5.41, 5.74) is 2.19. The average Bonchev–Trinajstić information content (AvgIpc) is 3.00. The summed E-state index contributed by atoms with van der Waals surface area (Å²) >= 11 is 1.48. The number of aromatic amines is 2. The van der Waals surface area contributed by atoms with Crippen molar-refractivity contribution in [2.75, 3.05) is 5.32 Å². The Morgan fingerprint density at radius 3 is 2.71 bits per heavy atom. The summed E-state index contributed by atoms with van der Waals surface area (Å²) in [6.07, 6.45) is 0.0568. The van der Waals surface area contributed by atoms with Crippen molar-refractivity contribution in [3.63, 3.8) is 0 Å². The molecular formula is C14H13N3O3S. The van der Waals surface area contributed by atoms with Gasteiger partial charge >= 0.3 is 11.7 Å². The highest BCUT2D eigenvalue weighted by molar-refractivity contribution is 7.12. The first-order valence-corrected chi connectivity index (χ1v) is 7.17. The molecule has 21 heavy (non-hydrogen) atoms. The van der Waals surface area contributed by atoms with Crippen LogP contribution in [0, 0.1) is 0 Å². The maximum Gasteiger partial charge on any atom is 0.323 e. The summed E-state index contributed by atoms with van der Waals surface area (Å²) in [4.78, 5) is 29.1. The summed E-state index contributed by atoms with van der Waals surface area (Å²) < 4.78 is 0. The quantitative estimate of drug-likeness (QED) is 0.580. The van der Waals surface area contributed by atoms with Crippen molar-refractivity contribution in [1.29, 1.82) is 0 Å². The van der Waals surface area contributed by atoms with Gasteiger partial charge in [0.05, 0.1) is 17.5 Å². The topological polar surface area (TPSA) is 98.0 Å². The number of H-pyrrole nitrogens is 2. The lowest BCUT2D eigenvalue weighted by Crippen LogP contribution is -1.99. The van der Waals surface area contributed by atoms with Crippen molar-refractivity contribution in [3.8, 4) is 0 Å². The predicted molar refractivity (Wildman–Crippen MR) is 81.9 cm³/mol. The largest absolute Gasteiger partial charge is 0.481 e. The highest BCUT2D eigenvalue weighted by Crippen LogP contribution is 2.20. The number of aromatic nitrogens is 2. The molecule has 3 aromatic rings. The van der Waals surface area contributed by atoms with Gasteiger partial charge in [-0.05, 0) is 30.3 Å². The molecule has 4 N–H and O–H groups in total.